The summed E-state index contributed by atoms with van der Waals surface area (Å²) in [6.07, 6.45) is -0.896. The van der Waals surface area contributed by atoms with E-state index in [0.717, 1.165) is 0 Å². The molecule has 1 amide bonds. The summed E-state index contributed by atoms with van der Waals surface area (Å²) < 4.78 is 0. The molecule has 0 bridgehead atoms. The SMILES string of the molecule is CCC(O)C(=O)N[C@@H](CS)C(=O)O. The number of amides is 1. The van der Waals surface area contributed by atoms with Gasteiger partial charge in [0.05, 0.1) is 0 Å². The van der Waals surface area contributed by atoms with Crippen LogP contribution in [0.1, 0.15) is 13.3 Å². The molecule has 0 aromatic carbocycles. The topological polar surface area (TPSA) is 86.6 Å². The maximum Gasteiger partial charge on any atom is 0.327 e. The molecule has 0 rings (SSSR count). The van der Waals surface area contributed by atoms with Crippen LogP contribution in [0.3, 0.4) is 0 Å². The van der Waals surface area contributed by atoms with Crippen LogP contribution in [0.5, 0.6) is 0 Å². The van der Waals surface area contributed by atoms with Crippen LogP contribution in [0.15, 0.2) is 0 Å². The van der Waals surface area contributed by atoms with E-state index in [2.05, 4.69) is 17.9 Å². The number of carboxylic acids is 1. The van der Waals surface area contributed by atoms with Crippen molar-refractivity contribution in [2.45, 2.75) is 25.5 Å². The third-order valence-electron chi connectivity index (χ3n) is 1.49. The van der Waals surface area contributed by atoms with Crippen molar-refractivity contribution < 1.29 is 19.8 Å². The zero-order valence-electron chi connectivity index (χ0n) is 7.23. The fraction of sp³-hybridized carbons (Fsp3) is 0.714. The predicted molar refractivity (Wildman–Crippen MR) is 49.7 cm³/mol. The molecule has 3 N–H and O–H groups in total. The predicted octanol–water partition coefficient (Wildman–Crippen LogP) is -0.744. The van der Waals surface area contributed by atoms with Crippen molar-refractivity contribution in [3.63, 3.8) is 0 Å². The van der Waals surface area contributed by atoms with Gasteiger partial charge in [-0.25, -0.2) is 4.79 Å². The van der Waals surface area contributed by atoms with Crippen molar-refractivity contribution in [2.24, 2.45) is 0 Å². The Hall–Kier alpha value is -0.750. The second-order valence-corrected chi connectivity index (χ2v) is 2.87. The first-order valence-corrected chi connectivity index (χ1v) is 4.48. The molecule has 0 aromatic rings. The average molecular weight is 207 g/mol. The molecule has 0 aromatic heterocycles. The highest BCUT2D eigenvalue weighted by molar-refractivity contribution is 7.80. The van der Waals surface area contributed by atoms with Crippen LogP contribution in [-0.2, 0) is 9.59 Å². The number of hydrogen-bond donors (Lipinski definition) is 4. The number of hydrogen-bond acceptors (Lipinski definition) is 4. The van der Waals surface area contributed by atoms with Crippen molar-refractivity contribution in [2.75, 3.05) is 5.75 Å². The standard InChI is InChI=1S/C7H13NO4S/c1-2-5(9)6(10)8-4(3-13)7(11)12/h4-5,9,13H,2-3H2,1H3,(H,8,10)(H,11,12)/t4-,5?/m0/s1. The number of rotatable bonds is 5. The summed E-state index contributed by atoms with van der Waals surface area (Å²) in [5.74, 6) is -1.84. The fourth-order valence-corrected chi connectivity index (χ4v) is 0.886. The second kappa shape index (κ2) is 5.82. The number of nitrogens with one attached hydrogen (secondary N) is 1. The molecule has 1 unspecified atom stereocenters. The van der Waals surface area contributed by atoms with E-state index in [1.165, 1.54) is 0 Å². The molecule has 0 aliphatic carbocycles. The zero-order chi connectivity index (χ0) is 10.4. The lowest BCUT2D eigenvalue weighted by Crippen LogP contribution is -2.46. The Morgan fingerprint density at radius 1 is 1.54 bits per heavy atom. The van der Waals surface area contributed by atoms with Crippen molar-refractivity contribution in [1.82, 2.24) is 5.32 Å². The highest BCUT2D eigenvalue weighted by Crippen LogP contribution is 1.93. The van der Waals surface area contributed by atoms with Gasteiger partial charge in [0.1, 0.15) is 12.1 Å². The van der Waals surface area contributed by atoms with Gasteiger partial charge >= 0.3 is 5.97 Å². The first-order chi connectivity index (χ1) is 6.02. The van der Waals surface area contributed by atoms with Crippen LogP contribution >= 0.6 is 12.6 Å². The molecule has 0 aliphatic rings. The molecule has 0 heterocycles. The highest BCUT2D eigenvalue weighted by Gasteiger charge is 2.21. The van der Waals surface area contributed by atoms with E-state index in [9.17, 15) is 9.59 Å². The average Bonchev–Trinajstić information content (AvgIpc) is 2.11. The van der Waals surface area contributed by atoms with Gasteiger partial charge in [0.15, 0.2) is 0 Å². The summed E-state index contributed by atoms with van der Waals surface area (Å²) in [6, 6.07) is -1.04. The maximum atomic E-state index is 11.0. The van der Waals surface area contributed by atoms with Gasteiger partial charge in [0, 0.05) is 5.75 Å². The van der Waals surface area contributed by atoms with Gasteiger partial charge in [-0.1, -0.05) is 6.92 Å². The summed E-state index contributed by atoms with van der Waals surface area (Å²) in [5, 5.41) is 19.7. The van der Waals surface area contributed by atoms with Gasteiger partial charge in [-0.05, 0) is 6.42 Å². The van der Waals surface area contributed by atoms with E-state index in [1.54, 1.807) is 6.92 Å². The summed E-state index contributed by atoms with van der Waals surface area (Å²) in [5.41, 5.74) is 0. The van der Waals surface area contributed by atoms with Crippen molar-refractivity contribution in [3.05, 3.63) is 0 Å². The van der Waals surface area contributed by atoms with Gasteiger partial charge in [0.2, 0.25) is 5.91 Å². The summed E-state index contributed by atoms with van der Waals surface area (Å²) in [4.78, 5) is 21.4. The van der Waals surface area contributed by atoms with Crippen LogP contribution in [0.2, 0.25) is 0 Å². The van der Waals surface area contributed by atoms with Crippen LogP contribution in [0, 0.1) is 0 Å². The monoisotopic (exact) mass is 207 g/mol. The fourth-order valence-electron chi connectivity index (χ4n) is 0.639. The van der Waals surface area contributed by atoms with Gasteiger partial charge in [0.25, 0.3) is 0 Å². The van der Waals surface area contributed by atoms with Crippen LogP contribution in [-0.4, -0.2) is 40.0 Å². The van der Waals surface area contributed by atoms with E-state index in [-0.39, 0.29) is 12.2 Å². The number of thiol groups is 1. The number of aliphatic carboxylic acids is 1. The Balaban J connectivity index is 4.09. The van der Waals surface area contributed by atoms with Gasteiger partial charge in [-0.3, -0.25) is 4.79 Å². The summed E-state index contributed by atoms with van der Waals surface area (Å²) in [7, 11) is 0. The zero-order valence-corrected chi connectivity index (χ0v) is 8.12. The third kappa shape index (κ3) is 4.14. The summed E-state index contributed by atoms with van der Waals surface area (Å²) in [6.45, 7) is 1.63. The normalized spacial score (nSPS) is 14.7. The molecule has 0 fully saturated rings. The number of carboxylic acid groups (broad SMARTS) is 1. The van der Waals surface area contributed by atoms with Crippen LogP contribution in [0.25, 0.3) is 0 Å². The lowest BCUT2D eigenvalue weighted by atomic mass is 10.2. The van der Waals surface area contributed by atoms with E-state index in [0.29, 0.717) is 0 Å². The Labute approximate surface area is 81.5 Å². The molecule has 13 heavy (non-hydrogen) atoms. The molecule has 2 atom stereocenters. The molecular weight excluding hydrogens is 194 g/mol. The largest absolute Gasteiger partial charge is 0.480 e. The Kier molecular flexibility index (Phi) is 5.48. The Bertz CT molecular complexity index is 197. The van der Waals surface area contributed by atoms with E-state index < -0.39 is 24.0 Å². The lowest BCUT2D eigenvalue weighted by molar-refractivity contribution is -0.142. The molecule has 6 heteroatoms. The minimum absolute atomic E-state index is 0.00247. The van der Waals surface area contributed by atoms with Gasteiger partial charge in [-0.2, -0.15) is 12.6 Å². The smallest absolute Gasteiger partial charge is 0.327 e. The van der Waals surface area contributed by atoms with Crippen LogP contribution < -0.4 is 5.32 Å². The quantitative estimate of drug-likeness (QED) is 0.447. The van der Waals surface area contributed by atoms with Crippen LogP contribution in [0.4, 0.5) is 0 Å². The molecule has 76 valence electrons. The van der Waals surface area contributed by atoms with Crippen molar-refractivity contribution in [3.8, 4) is 0 Å². The minimum Gasteiger partial charge on any atom is -0.480 e. The molecule has 0 saturated carbocycles. The third-order valence-corrected chi connectivity index (χ3v) is 1.85. The first-order valence-electron chi connectivity index (χ1n) is 3.85. The molecular formula is C7H13NO4S. The van der Waals surface area contributed by atoms with E-state index in [4.69, 9.17) is 10.2 Å². The highest BCUT2D eigenvalue weighted by atomic mass is 32.1. The van der Waals surface area contributed by atoms with Crippen molar-refractivity contribution in [1.29, 1.82) is 0 Å². The lowest BCUT2D eigenvalue weighted by Gasteiger charge is -2.14. The van der Waals surface area contributed by atoms with Crippen molar-refractivity contribution >= 4 is 24.5 Å². The number of aliphatic hydroxyl groups excluding tert-OH is 1. The molecule has 5 nitrogen and oxygen atoms in total. The van der Waals surface area contributed by atoms with E-state index in [1.807, 2.05) is 0 Å². The van der Waals surface area contributed by atoms with E-state index >= 15 is 0 Å². The Morgan fingerprint density at radius 3 is 2.38 bits per heavy atom. The molecule has 0 spiro atoms. The number of aliphatic hydroxyl groups is 1. The molecule has 0 radical (unpaired) electrons. The first kappa shape index (κ1) is 12.2. The second-order valence-electron chi connectivity index (χ2n) is 2.51. The van der Waals surface area contributed by atoms with Gasteiger partial charge < -0.3 is 15.5 Å². The molecule has 0 aliphatic heterocycles. The number of carbonyl (C=O) groups excluding carboxylic acids is 1. The molecule has 0 saturated heterocycles. The summed E-state index contributed by atoms with van der Waals surface area (Å²) >= 11 is 3.75. The number of carbonyl (C=O) groups is 2. The Morgan fingerprint density at radius 2 is 2.08 bits per heavy atom. The van der Waals surface area contributed by atoms with Gasteiger partial charge in [-0.15, -0.1) is 0 Å². The maximum absolute atomic E-state index is 11.0. The minimum atomic E-state index is -1.16.